The molecule has 1 atom stereocenters. The third-order valence-corrected chi connectivity index (χ3v) is 3.37. The first-order chi connectivity index (χ1) is 8.54. The predicted octanol–water partition coefficient (Wildman–Crippen LogP) is 1.25. The maximum Gasteiger partial charge on any atom is 0.474 e. The van der Waals surface area contributed by atoms with E-state index in [1.54, 1.807) is 24.4 Å². The molecule has 1 aromatic carbocycles. The topological polar surface area (TPSA) is 52.9 Å². The maximum absolute atomic E-state index is 12.0. The summed E-state index contributed by atoms with van der Waals surface area (Å²) in [5, 5.41) is 14.8. The molecule has 0 fully saturated rings. The number of hydrogen-bond donors (Lipinski definition) is 1. The standard InChI is InChI=1S/C12H14BClN2O2/c1-3-8(2)12(17)16-13(18)11-5-4-10(14)6-9(11)7-15-16/h4-8,18H,3H2,1-2H3. The van der Waals surface area contributed by atoms with E-state index in [4.69, 9.17) is 11.6 Å². The third-order valence-electron chi connectivity index (χ3n) is 3.14. The van der Waals surface area contributed by atoms with Gasteiger partial charge in [-0.2, -0.15) is 5.10 Å². The van der Waals surface area contributed by atoms with Crippen LogP contribution in [0.25, 0.3) is 0 Å². The number of hydrazone groups is 1. The van der Waals surface area contributed by atoms with E-state index in [9.17, 15) is 9.82 Å². The lowest BCUT2D eigenvalue weighted by molar-refractivity contribution is -0.131. The molecule has 0 aromatic heterocycles. The summed E-state index contributed by atoms with van der Waals surface area (Å²) in [5.74, 6) is -0.340. The Kier molecular flexibility index (Phi) is 3.73. The van der Waals surface area contributed by atoms with Gasteiger partial charge in [-0.15, -0.1) is 0 Å². The van der Waals surface area contributed by atoms with Crippen molar-refractivity contribution in [3.8, 4) is 0 Å². The molecule has 1 N–H and O–H groups in total. The fourth-order valence-corrected chi connectivity index (χ4v) is 1.97. The highest BCUT2D eigenvalue weighted by Gasteiger charge is 2.34. The van der Waals surface area contributed by atoms with Gasteiger partial charge in [-0.25, -0.2) is 4.92 Å². The summed E-state index contributed by atoms with van der Waals surface area (Å²) >= 11 is 5.87. The second-order valence-corrected chi connectivity index (χ2v) is 4.82. The summed E-state index contributed by atoms with van der Waals surface area (Å²) in [6, 6.07) is 5.12. The molecule has 4 nitrogen and oxygen atoms in total. The van der Waals surface area contributed by atoms with Gasteiger partial charge in [-0.1, -0.05) is 31.5 Å². The van der Waals surface area contributed by atoms with Crippen LogP contribution in [0.4, 0.5) is 0 Å². The summed E-state index contributed by atoms with van der Waals surface area (Å²) in [6.07, 6.45) is 2.26. The fraction of sp³-hybridized carbons (Fsp3) is 0.333. The van der Waals surface area contributed by atoms with Crippen molar-refractivity contribution in [2.75, 3.05) is 0 Å². The van der Waals surface area contributed by atoms with Gasteiger partial charge in [0.2, 0.25) is 5.91 Å². The Morgan fingerprint density at radius 1 is 1.61 bits per heavy atom. The van der Waals surface area contributed by atoms with E-state index in [-0.39, 0.29) is 11.8 Å². The van der Waals surface area contributed by atoms with Gasteiger partial charge in [-0.05, 0) is 29.6 Å². The summed E-state index contributed by atoms with van der Waals surface area (Å²) < 4.78 is 0. The molecule has 0 saturated carbocycles. The number of fused-ring (bicyclic) bond motifs is 1. The third kappa shape index (κ3) is 2.28. The molecule has 94 valence electrons. The first kappa shape index (κ1) is 13.1. The van der Waals surface area contributed by atoms with Crippen LogP contribution >= 0.6 is 11.6 Å². The van der Waals surface area contributed by atoms with Crippen molar-refractivity contribution in [1.82, 2.24) is 4.92 Å². The molecule has 1 unspecified atom stereocenters. The average molecular weight is 265 g/mol. The van der Waals surface area contributed by atoms with Crippen molar-refractivity contribution >= 4 is 36.2 Å². The van der Waals surface area contributed by atoms with Crippen LogP contribution in [0.15, 0.2) is 23.3 Å². The number of amides is 1. The number of nitrogens with zero attached hydrogens (tertiary/aromatic N) is 2. The molecule has 1 aliphatic heterocycles. The van der Waals surface area contributed by atoms with Crippen LogP contribution in [0.5, 0.6) is 0 Å². The van der Waals surface area contributed by atoms with Gasteiger partial charge in [0.05, 0.1) is 6.21 Å². The van der Waals surface area contributed by atoms with Gasteiger partial charge in [0.25, 0.3) is 0 Å². The zero-order chi connectivity index (χ0) is 13.3. The van der Waals surface area contributed by atoms with Crippen molar-refractivity contribution in [1.29, 1.82) is 0 Å². The van der Waals surface area contributed by atoms with Gasteiger partial charge in [0, 0.05) is 10.9 Å². The van der Waals surface area contributed by atoms with Crippen molar-refractivity contribution in [2.45, 2.75) is 20.3 Å². The quantitative estimate of drug-likeness (QED) is 0.818. The van der Waals surface area contributed by atoms with Gasteiger partial charge in [0.15, 0.2) is 0 Å². The molecular formula is C12H14BClN2O2. The molecule has 0 spiro atoms. The Morgan fingerprint density at radius 3 is 3.00 bits per heavy atom. The van der Waals surface area contributed by atoms with E-state index in [0.29, 0.717) is 16.9 Å². The van der Waals surface area contributed by atoms with E-state index in [0.717, 1.165) is 10.5 Å². The number of halogens is 1. The fourth-order valence-electron chi connectivity index (χ4n) is 1.79. The highest BCUT2D eigenvalue weighted by molar-refractivity contribution is 6.67. The number of rotatable bonds is 2. The van der Waals surface area contributed by atoms with Crippen molar-refractivity contribution in [2.24, 2.45) is 11.0 Å². The first-order valence-electron chi connectivity index (χ1n) is 5.89. The van der Waals surface area contributed by atoms with Crippen molar-refractivity contribution in [3.63, 3.8) is 0 Å². The van der Waals surface area contributed by atoms with E-state index in [1.165, 1.54) is 0 Å². The zero-order valence-corrected chi connectivity index (χ0v) is 11.1. The predicted molar refractivity (Wildman–Crippen MR) is 73.0 cm³/mol. The minimum Gasteiger partial charge on any atom is -0.427 e. The summed E-state index contributed by atoms with van der Waals surface area (Å²) in [7, 11) is -1.04. The highest BCUT2D eigenvalue weighted by Crippen LogP contribution is 2.15. The monoisotopic (exact) mass is 264 g/mol. The summed E-state index contributed by atoms with van der Waals surface area (Å²) in [4.78, 5) is 13.2. The molecule has 0 radical (unpaired) electrons. The summed E-state index contributed by atoms with van der Waals surface area (Å²) in [6.45, 7) is 3.75. The molecular weight excluding hydrogens is 250 g/mol. The van der Waals surface area contributed by atoms with Gasteiger partial charge >= 0.3 is 7.05 Å². The lowest BCUT2D eigenvalue weighted by Gasteiger charge is -2.27. The Hall–Kier alpha value is -1.33. The molecule has 1 aliphatic rings. The number of benzene rings is 1. The van der Waals surface area contributed by atoms with Crippen molar-refractivity contribution < 1.29 is 9.82 Å². The Balaban J connectivity index is 2.31. The average Bonchev–Trinajstić information content (AvgIpc) is 2.37. The first-order valence-corrected chi connectivity index (χ1v) is 6.27. The Morgan fingerprint density at radius 2 is 2.33 bits per heavy atom. The van der Waals surface area contributed by atoms with Crippen LogP contribution < -0.4 is 5.46 Å². The Labute approximate surface area is 111 Å². The van der Waals surface area contributed by atoms with Crippen LogP contribution in [0, 0.1) is 5.92 Å². The van der Waals surface area contributed by atoms with E-state index in [2.05, 4.69) is 5.10 Å². The molecule has 1 amide bonds. The lowest BCUT2D eigenvalue weighted by atomic mass is 9.69. The normalized spacial score (nSPS) is 15.6. The van der Waals surface area contributed by atoms with Crippen LogP contribution in [0.3, 0.4) is 0 Å². The van der Waals surface area contributed by atoms with Crippen LogP contribution in [-0.2, 0) is 4.79 Å². The second kappa shape index (κ2) is 5.12. The summed E-state index contributed by atoms with van der Waals surface area (Å²) in [5.41, 5.74) is 1.38. The van der Waals surface area contributed by atoms with E-state index >= 15 is 0 Å². The minimum absolute atomic E-state index is 0.161. The van der Waals surface area contributed by atoms with Gasteiger partial charge in [0.1, 0.15) is 0 Å². The van der Waals surface area contributed by atoms with Crippen molar-refractivity contribution in [3.05, 3.63) is 28.8 Å². The molecule has 0 aliphatic carbocycles. The van der Waals surface area contributed by atoms with E-state index in [1.807, 2.05) is 13.8 Å². The lowest BCUT2D eigenvalue weighted by Crippen LogP contribution is -2.53. The minimum atomic E-state index is -1.04. The maximum atomic E-state index is 12.0. The molecule has 1 heterocycles. The van der Waals surface area contributed by atoms with Crippen LogP contribution in [0.2, 0.25) is 5.02 Å². The number of carbonyl (C=O) groups excluding carboxylic acids is 1. The van der Waals surface area contributed by atoms with Crippen LogP contribution in [-0.4, -0.2) is 29.1 Å². The van der Waals surface area contributed by atoms with Gasteiger partial charge in [-0.3, -0.25) is 4.79 Å². The number of hydrogen-bond acceptors (Lipinski definition) is 3. The molecule has 0 saturated heterocycles. The SMILES string of the molecule is CCC(C)C(=O)N1N=Cc2cc(Cl)ccc2B1O. The second-order valence-electron chi connectivity index (χ2n) is 4.38. The van der Waals surface area contributed by atoms with E-state index < -0.39 is 7.05 Å². The van der Waals surface area contributed by atoms with Gasteiger partial charge < -0.3 is 5.02 Å². The highest BCUT2D eigenvalue weighted by atomic mass is 35.5. The molecule has 6 heteroatoms. The smallest absolute Gasteiger partial charge is 0.427 e. The molecule has 18 heavy (non-hydrogen) atoms. The number of carbonyl (C=O) groups is 1. The zero-order valence-electron chi connectivity index (χ0n) is 10.3. The molecule has 0 bridgehead atoms. The Bertz CT molecular complexity index is 507. The molecule has 2 rings (SSSR count). The molecule has 1 aromatic rings. The van der Waals surface area contributed by atoms with Crippen LogP contribution in [0.1, 0.15) is 25.8 Å². The largest absolute Gasteiger partial charge is 0.474 e.